The van der Waals surface area contributed by atoms with Crippen LogP contribution < -0.4 is 19.3 Å². The van der Waals surface area contributed by atoms with Crippen LogP contribution in [0, 0.1) is 24.6 Å². The molecule has 0 radical (unpaired) electrons. The van der Waals surface area contributed by atoms with E-state index in [1.54, 1.807) is 32.1 Å². The second-order valence-electron chi connectivity index (χ2n) is 15.1. The molecular formula is C42H43ClF3N5O4. The predicted molar refractivity (Wildman–Crippen MR) is 208 cm³/mol. The van der Waals surface area contributed by atoms with Crippen molar-refractivity contribution >= 4 is 40.1 Å². The highest BCUT2D eigenvalue weighted by molar-refractivity contribution is 6.34. The normalized spacial score (nSPS) is 16.8. The fourth-order valence-electron chi connectivity index (χ4n) is 7.62. The smallest absolute Gasteiger partial charge is 0.410 e. The van der Waals surface area contributed by atoms with Gasteiger partial charge in [-0.25, -0.2) is 13.6 Å². The number of nitrogens with zero attached hydrogens (tertiary/aromatic N) is 5. The number of ether oxygens (including phenoxy) is 3. The van der Waals surface area contributed by atoms with Gasteiger partial charge < -0.3 is 24.0 Å². The van der Waals surface area contributed by atoms with Gasteiger partial charge in [0.2, 0.25) is 0 Å². The Balaban J connectivity index is 1.27. The number of methoxy groups -OCH3 is 2. The first-order valence-corrected chi connectivity index (χ1v) is 18.5. The van der Waals surface area contributed by atoms with E-state index in [1.807, 2.05) is 79.1 Å². The second-order valence-corrected chi connectivity index (χ2v) is 15.5. The Morgan fingerprint density at radius 2 is 1.42 bits per heavy atom. The van der Waals surface area contributed by atoms with Gasteiger partial charge >= 0.3 is 12.2 Å². The molecule has 9 nitrogen and oxygen atoms in total. The summed E-state index contributed by atoms with van der Waals surface area (Å²) < 4.78 is 65.5. The molecule has 2 aliphatic heterocycles. The Bertz CT molecular complexity index is 2170. The standard InChI is InChI=1S/C42H43ClF3N5O4/c1-24-17-31(36(44)34(18-24)49(20-25-7-13-29(53-5)14-8-25)21-26-9-15-30(54-6)16-10-26)35-33(43)19-32-38(37(35)45)47-40(46)48-39(32)50-22-27-11-12-28(23-50)51(27)41(52)55-42(2,3)4/h7-10,13-19,27-28H,11-12,20-23H2,1-6H3. The average Bonchev–Trinajstić information content (AvgIpc) is 3.42. The zero-order valence-corrected chi connectivity index (χ0v) is 32.4. The monoisotopic (exact) mass is 773 g/mol. The van der Waals surface area contributed by atoms with Gasteiger partial charge in [-0.05, 0) is 99.7 Å². The van der Waals surface area contributed by atoms with Gasteiger partial charge in [-0.15, -0.1) is 0 Å². The van der Waals surface area contributed by atoms with Gasteiger partial charge in [-0.1, -0.05) is 35.9 Å². The number of amides is 1. The maximum atomic E-state index is 17.1. The van der Waals surface area contributed by atoms with E-state index in [0.29, 0.717) is 43.2 Å². The predicted octanol–water partition coefficient (Wildman–Crippen LogP) is 9.49. The van der Waals surface area contributed by atoms with E-state index >= 15 is 13.2 Å². The molecule has 288 valence electrons. The molecule has 2 saturated heterocycles. The third kappa shape index (κ3) is 7.82. The molecule has 3 heterocycles. The van der Waals surface area contributed by atoms with Crippen molar-refractivity contribution in [3.8, 4) is 22.6 Å². The first-order valence-electron chi connectivity index (χ1n) is 18.2. The quantitative estimate of drug-likeness (QED) is 0.137. The molecule has 0 saturated carbocycles. The summed E-state index contributed by atoms with van der Waals surface area (Å²) in [5.74, 6) is -0.124. The van der Waals surface area contributed by atoms with E-state index in [9.17, 15) is 4.79 Å². The molecule has 2 fully saturated rings. The van der Waals surface area contributed by atoms with Gasteiger partial charge in [0, 0.05) is 42.7 Å². The molecule has 2 bridgehead atoms. The highest BCUT2D eigenvalue weighted by Crippen LogP contribution is 2.43. The number of anilines is 2. The fraction of sp³-hybridized carbons (Fsp3) is 0.357. The van der Waals surface area contributed by atoms with E-state index in [-0.39, 0.29) is 50.6 Å². The number of aromatic nitrogens is 2. The summed E-state index contributed by atoms with van der Waals surface area (Å²) in [7, 11) is 3.18. The summed E-state index contributed by atoms with van der Waals surface area (Å²) in [6, 6.07) is 19.3. The first-order chi connectivity index (χ1) is 26.2. The van der Waals surface area contributed by atoms with Crippen LogP contribution in [-0.2, 0) is 17.8 Å². The topological polar surface area (TPSA) is 80.3 Å². The Hall–Kier alpha value is -5.23. The number of piperazine rings is 1. The number of rotatable bonds is 9. The minimum absolute atomic E-state index is 0.0795. The largest absolute Gasteiger partial charge is 0.497 e. The maximum Gasteiger partial charge on any atom is 0.410 e. The molecule has 2 unspecified atom stereocenters. The van der Waals surface area contributed by atoms with E-state index < -0.39 is 29.4 Å². The first kappa shape index (κ1) is 38.1. The van der Waals surface area contributed by atoms with Crippen molar-refractivity contribution in [2.75, 3.05) is 37.1 Å². The van der Waals surface area contributed by atoms with Crippen LogP contribution in [0.2, 0.25) is 5.02 Å². The number of hydrogen-bond donors (Lipinski definition) is 0. The maximum absolute atomic E-state index is 17.1. The molecule has 2 aliphatic rings. The number of halogens is 4. The number of fused-ring (bicyclic) bond motifs is 3. The van der Waals surface area contributed by atoms with Gasteiger partial charge in [0.05, 0.1) is 37.0 Å². The summed E-state index contributed by atoms with van der Waals surface area (Å²) in [5, 5.41) is 0.107. The van der Waals surface area contributed by atoms with Crippen LogP contribution in [-0.4, -0.2) is 66.0 Å². The number of carbonyl (C=O) groups excluding carboxylic acids is 1. The van der Waals surface area contributed by atoms with E-state index in [0.717, 1.165) is 24.0 Å². The van der Waals surface area contributed by atoms with Gasteiger partial charge in [0.1, 0.15) is 28.4 Å². The highest BCUT2D eigenvalue weighted by Gasteiger charge is 2.45. The Morgan fingerprint density at radius 1 is 0.855 bits per heavy atom. The van der Waals surface area contributed by atoms with Crippen molar-refractivity contribution < 1.29 is 32.2 Å². The SMILES string of the molecule is COc1ccc(CN(Cc2ccc(OC)cc2)c2cc(C)cc(-c3c(Cl)cc4c(N5CC6CCC(C5)N6C(=O)OC(C)(C)C)nc(F)nc4c3F)c2F)cc1. The minimum Gasteiger partial charge on any atom is -0.497 e. The Morgan fingerprint density at radius 3 is 1.95 bits per heavy atom. The van der Waals surface area contributed by atoms with Crippen molar-refractivity contribution in [3.63, 3.8) is 0 Å². The summed E-state index contributed by atoms with van der Waals surface area (Å²) >= 11 is 6.88. The lowest BCUT2D eigenvalue weighted by Crippen LogP contribution is -2.57. The third-order valence-electron chi connectivity index (χ3n) is 10.1. The van der Waals surface area contributed by atoms with Crippen molar-refractivity contribution in [1.29, 1.82) is 0 Å². The van der Waals surface area contributed by atoms with Crippen molar-refractivity contribution in [2.24, 2.45) is 0 Å². The van der Waals surface area contributed by atoms with Crippen LogP contribution in [0.3, 0.4) is 0 Å². The minimum atomic E-state index is -1.13. The van der Waals surface area contributed by atoms with Crippen molar-refractivity contribution in [1.82, 2.24) is 14.9 Å². The summed E-state index contributed by atoms with van der Waals surface area (Å²) in [6.07, 6.45) is -0.0716. The van der Waals surface area contributed by atoms with Gasteiger partial charge in [-0.3, -0.25) is 4.90 Å². The van der Waals surface area contributed by atoms with Crippen LogP contribution >= 0.6 is 11.6 Å². The molecule has 13 heteroatoms. The molecule has 2 atom stereocenters. The molecule has 1 aromatic heterocycles. The molecule has 7 rings (SSSR count). The third-order valence-corrected chi connectivity index (χ3v) is 10.4. The van der Waals surface area contributed by atoms with E-state index in [1.165, 1.54) is 12.1 Å². The summed E-state index contributed by atoms with van der Waals surface area (Å²) in [4.78, 5) is 26.5. The van der Waals surface area contributed by atoms with E-state index in [4.69, 9.17) is 25.8 Å². The lowest BCUT2D eigenvalue weighted by molar-refractivity contribution is 0.0122. The van der Waals surface area contributed by atoms with Crippen LogP contribution in [0.1, 0.15) is 50.3 Å². The molecule has 4 aromatic carbocycles. The number of carbonyl (C=O) groups is 1. The highest BCUT2D eigenvalue weighted by atomic mass is 35.5. The average molecular weight is 774 g/mol. The summed E-state index contributed by atoms with van der Waals surface area (Å²) in [5.41, 5.74) is 1.38. The van der Waals surface area contributed by atoms with Crippen LogP contribution in [0.15, 0.2) is 66.7 Å². The summed E-state index contributed by atoms with van der Waals surface area (Å²) in [6.45, 7) is 8.53. The second kappa shape index (κ2) is 15.1. The number of benzene rings is 4. The van der Waals surface area contributed by atoms with Gasteiger partial charge in [0.15, 0.2) is 11.6 Å². The van der Waals surface area contributed by atoms with Crippen LogP contribution in [0.5, 0.6) is 11.5 Å². The molecular weight excluding hydrogens is 731 g/mol. The molecule has 5 aromatic rings. The van der Waals surface area contributed by atoms with Crippen LogP contribution in [0.25, 0.3) is 22.0 Å². The Kier molecular flexibility index (Phi) is 10.5. The van der Waals surface area contributed by atoms with E-state index in [2.05, 4.69) is 9.97 Å². The van der Waals surface area contributed by atoms with Crippen molar-refractivity contribution in [2.45, 2.75) is 71.3 Å². The Labute approximate surface area is 323 Å². The molecule has 0 N–H and O–H groups in total. The zero-order chi connectivity index (χ0) is 39.2. The van der Waals surface area contributed by atoms with Gasteiger partial charge in [0.25, 0.3) is 0 Å². The van der Waals surface area contributed by atoms with Crippen molar-refractivity contribution in [3.05, 3.63) is 106 Å². The lowest BCUT2D eigenvalue weighted by Gasteiger charge is -2.42. The molecule has 55 heavy (non-hydrogen) atoms. The molecule has 1 amide bonds. The molecule has 0 aliphatic carbocycles. The lowest BCUT2D eigenvalue weighted by atomic mass is 9.98. The zero-order valence-electron chi connectivity index (χ0n) is 31.6. The van der Waals surface area contributed by atoms with Crippen LogP contribution in [0.4, 0.5) is 29.5 Å². The number of hydrogen-bond acceptors (Lipinski definition) is 8. The molecule has 0 spiro atoms. The number of aryl methyl sites for hydroxylation is 1. The van der Waals surface area contributed by atoms with Gasteiger partial charge in [-0.2, -0.15) is 14.4 Å². The fourth-order valence-corrected chi connectivity index (χ4v) is 7.91.